The van der Waals surface area contributed by atoms with Crippen LogP contribution in [0.4, 0.5) is 4.79 Å². The van der Waals surface area contributed by atoms with Gasteiger partial charge >= 0.3 is 6.09 Å². The number of amides is 2. The van der Waals surface area contributed by atoms with Crippen LogP contribution >= 0.6 is 0 Å². The predicted molar refractivity (Wildman–Crippen MR) is 156 cm³/mol. The van der Waals surface area contributed by atoms with Crippen LogP contribution in [0.2, 0.25) is 0 Å². The molecule has 1 aliphatic heterocycles. The SMILES string of the molecule is CC(C)(N)C(=O)N[C@H](COCc1ccccc1-c1ccccc1)c1nnc2cccc(COC(=O)N3CCOCC3)n12. The van der Waals surface area contributed by atoms with E-state index in [4.69, 9.17) is 19.9 Å². The second kappa shape index (κ2) is 13.1. The van der Waals surface area contributed by atoms with Gasteiger partial charge < -0.3 is 30.2 Å². The van der Waals surface area contributed by atoms with Gasteiger partial charge in [0.2, 0.25) is 5.91 Å². The first kappa shape index (κ1) is 29.2. The summed E-state index contributed by atoms with van der Waals surface area (Å²) in [5.41, 5.74) is 9.34. The normalized spacial score (nSPS) is 14.5. The van der Waals surface area contributed by atoms with Gasteiger partial charge in [-0.25, -0.2) is 4.79 Å². The molecule has 0 saturated carbocycles. The fraction of sp³-hybridized carbons (Fsp3) is 0.355. The van der Waals surface area contributed by atoms with Crippen LogP contribution in [-0.4, -0.2) is 69.9 Å². The lowest BCUT2D eigenvalue weighted by Crippen LogP contribution is -2.51. The molecule has 0 spiro atoms. The van der Waals surface area contributed by atoms with Crippen LogP contribution in [0.1, 0.15) is 37.0 Å². The summed E-state index contributed by atoms with van der Waals surface area (Å²) in [5.74, 6) is 0.0747. The summed E-state index contributed by atoms with van der Waals surface area (Å²) in [4.78, 5) is 27.3. The van der Waals surface area contributed by atoms with Crippen molar-refractivity contribution < 1.29 is 23.8 Å². The van der Waals surface area contributed by atoms with Crippen molar-refractivity contribution in [2.24, 2.45) is 5.73 Å². The van der Waals surface area contributed by atoms with E-state index >= 15 is 0 Å². The van der Waals surface area contributed by atoms with Crippen LogP contribution < -0.4 is 11.1 Å². The molecular weight excluding hydrogens is 536 g/mol. The number of morpholine rings is 1. The number of nitrogens with two attached hydrogens (primary N) is 1. The fourth-order valence-electron chi connectivity index (χ4n) is 4.70. The van der Waals surface area contributed by atoms with Crippen LogP contribution in [-0.2, 0) is 32.2 Å². The van der Waals surface area contributed by atoms with Gasteiger partial charge in [0, 0.05) is 13.1 Å². The van der Waals surface area contributed by atoms with Crippen molar-refractivity contribution in [1.29, 1.82) is 0 Å². The first-order chi connectivity index (χ1) is 20.3. The zero-order chi connectivity index (χ0) is 29.5. The van der Waals surface area contributed by atoms with Crippen molar-refractivity contribution in [3.05, 3.63) is 89.9 Å². The number of rotatable bonds is 10. The molecule has 42 heavy (non-hydrogen) atoms. The van der Waals surface area contributed by atoms with Gasteiger partial charge in [0.25, 0.3) is 0 Å². The Morgan fingerprint density at radius 1 is 0.976 bits per heavy atom. The molecule has 1 saturated heterocycles. The van der Waals surface area contributed by atoms with Crippen molar-refractivity contribution in [2.75, 3.05) is 32.9 Å². The number of hydrogen-bond donors (Lipinski definition) is 2. The Balaban J connectivity index is 1.37. The van der Waals surface area contributed by atoms with E-state index in [1.165, 1.54) is 0 Å². The number of carbonyl (C=O) groups excluding carboxylic acids is 2. The zero-order valence-electron chi connectivity index (χ0n) is 23.9. The molecule has 11 nitrogen and oxygen atoms in total. The Labute approximate surface area is 244 Å². The van der Waals surface area contributed by atoms with Crippen molar-refractivity contribution in [1.82, 2.24) is 24.8 Å². The lowest BCUT2D eigenvalue weighted by atomic mass is 10.0. The quantitative estimate of drug-likeness (QED) is 0.295. The Hall–Kier alpha value is -4.32. The van der Waals surface area contributed by atoms with E-state index in [2.05, 4.69) is 33.7 Å². The number of pyridine rings is 1. The second-order valence-corrected chi connectivity index (χ2v) is 10.7. The minimum atomic E-state index is -1.13. The van der Waals surface area contributed by atoms with Crippen molar-refractivity contribution in [2.45, 2.75) is 38.6 Å². The summed E-state index contributed by atoms with van der Waals surface area (Å²) >= 11 is 0. The third-order valence-electron chi connectivity index (χ3n) is 6.99. The summed E-state index contributed by atoms with van der Waals surface area (Å²) < 4.78 is 18.9. The molecular formula is C31H36N6O5. The summed E-state index contributed by atoms with van der Waals surface area (Å²) in [6.07, 6.45) is -0.417. The molecule has 4 aromatic rings. The highest BCUT2D eigenvalue weighted by Crippen LogP contribution is 2.25. The van der Waals surface area contributed by atoms with E-state index in [0.717, 1.165) is 16.7 Å². The lowest BCUT2D eigenvalue weighted by Gasteiger charge is -2.26. The maximum Gasteiger partial charge on any atom is 0.410 e. The van der Waals surface area contributed by atoms with Crippen LogP contribution in [0.3, 0.4) is 0 Å². The molecule has 1 aliphatic rings. The third-order valence-corrected chi connectivity index (χ3v) is 6.99. The Bertz CT molecular complexity index is 1510. The molecule has 5 rings (SSSR count). The standard InChI is InChI=1S/C31H36N6O5/c1-31(2,32)29(38)33-26(21-41-19-23-11-6-7-13-25(23)22-9-4-3-5-10-22)28-35-34-27-14-8-12-24(37(27)28)20-42-30(39)36-15-17-40-18-16-36/h3-14,26H,15-21,32H2,1-2H3,(H,33,38)/t26-/m1/s1. The van der Waals surface area contributed by atoms with Gasteiger partial charge in [-0.2, -0.15) is 0 Å². The first-order valence-corrected chi connectivity index (χ1v) is 13.9. The number of ether oxygens (including phenoxy) is 3. The van der Waals surface area contributed by atoms with Gasteiger partial charge in [-0.1, -0.05) is 60.7 Å². The molecule has 2 aromatic heterocycles. The fourth-order valence-corrected chi connectivity index (χ4v) is 4.70. The van der Waals surface area contributed by atoms with Crippen molar-refractivity contribution >= 4 is 17.6 Å². The lowest BCUT2D eigenvalue weighted by molar-refractivity contribution is -0.126. The van der Waals surface area contributed by atoms with Gasteiger partial charge in [0.1, 0.15) is 12.6 Å². The Kier molecular flexibility index (Phi) is 9.11. The molecule has 3 N–H and O–H groups in total. The highest BCUT2D eigenvalue weighted by atomic mass is 16.6. The zero-order valence-corrected chi connectivity index (χ0v) is 23.9. The topological polar surface area (TPSA) is 133 Å². The van der Waals surface area contributed by atoms with Crippen LogP contribution in [0.15, 0.2) is 72.8 Å². The monoisotopic (exact) mass is 572 g/mol. The molecule has 1 atom stereocenters. The van der Waals surface area contributed by atoms with E-state index in [9.17, 15) is 9.59 Å². The van der Waals surface area contributed by atoms with Gasteiger partial charge in [-0.15, -0.1) is 10.2 Å². The van der Waals surface area contributed by atoms with Gasteiger partial charge in [0.05, 0.1) is 37.7 Å². The number of hydrogen-bond acceptors (Lipinski definition) is 8. The Morgan fingerprint density at radius 2 is 1.71 bits per heavy atom. The summed E-state index contributed by atoms with van der Waals surface area (Å²) in [7, 11) is 0. The summed E-state index contributed by atoms with van der Waals surface area (Å²) in [6.45, 7) is 5.60. The molecule has 11 heteroatoms. The number of benzene rings is 2. The molecule has 220 valence electrons. The van der Waals surface area contributed by atoms with E-state index in [-0.39, 0.29) is 19.1 Å². The number of fused-ring (bicyclic) bond motifs is 1. The maximum atomic E-state index is 13.0. The van der Waals surface area contributed by atoms with E-state index in [1.54, 1.807) is 29.2 Å². The predicted octanol–water partition coefficient (Wildman–Crippen LogP) is 3.48. The average molecular weight is 573 g/mol. The molecule has 2 aromatic carbocycles. The van der Waals surface area contributed by atoms with Gasteiger partial charge in [-0.3, -0.25) is 9.20 Å². The number of aromatic nitrogens is 3. The smallest absolute Gasteiger partial charge is 0.410 e. The highest BCUT2D eigenvalue weighted by Gasteiger charge is 2.29. The van der Waals surface area contributed by atoms with Crippen molar-refractivity contribution in [3.63, 3.8) is 0 Å². The number of nitrogens with zero attached hydrogens (tertiary/aromatic N) is 4. The van der Waals surface area contributed by atoms with Crippen molar-refractivity contribution in [3.8, 4) is 11.1 Å². The van der Waals surface area contributed by atoms with Crippen LogP contribution in [0.25, 0.3) is 16.8 Å². The van der Waals surface area contributed by atoms with Gasteiger partial charge in [0.15, 0.2) is 11.5 Å². The van der Waals surface area contributed by atoms with Crippen LogP contribution in [0.5, 0.6) is 0 Å². The van der Waals surface area contributed by atoms with E-state index in [1.807, 2.05) is 48.5 Å². The molecule has 0 aliphatic carbocycles. The molecule has 0 unspecified atom stereocenters. The Morgan fingerprint density at radius 3 is 2.48 bits per heavy atom. The second-order valence-electron chi connectivity index (χ2n) is 10.7. The third kappa shape index (κ3) is 6.93. The molecule has 0 radical (unpaired) electrons. The summed E-state index contributed by atoms with van der Waals surface area (Å²) in [6, 6.07) is 22.9. The molecule has 3 heterocycles. The maximum absolute atomic E-state index is 13.0. The van der Waals surface area contributed by atoms with Crippen LogP contribution in [0, 0.1) is 0 Å². The molecule has 2 amide bonds. The van der Waals surface area contributed by atoms with E-state index < -0.39 is 17.7 Å². The first-order valence-electron chi connectivity index (χ1n) is 13.9. The highest BCUT2D eigenvalue weighted by molar-refractivity contribution is 5.85. The minimum absolute atomic E-state index is 0.00702. The summed E-state index contributed by atoms with van der Waals surface area (Å²) in [5, 5.41) is 11.7. The molecule has 0 bridgehead atoms. The van der Waals surface area contributed by atoms with Gasteiger partial charge in [-0.05, 0) is 42.7 Å². The minimum Gasteiger partial charge on any atom is -0.443 e. The van der Waals surface area contributed by atoms with E-state index in [0.29, 0.717) is 50.1 Å². The largest absolute Gasteiger partial charge is 0.443 e. The number of nitrogens with one attached hydrogen (secondary N) is 1. The number of carbonyl (C=O) groups is 2. The molecule has 1 fully saturated rings. The average Bonchev–Trinajstić information content (AvgIpc) is 3.45.